The van der Waals surface area contributed by atoms with E-state index in [1.807, 2.05) is 0 Å². The standard InChI is InChI=1S/C33H28O13/c1-41-23-9-15(3-6-19(23)35)31-27(14-34)44-22-8-5-16(10-25(22)45-31)32-30(39)29(38)28-21(37)12-18(13-26(28)46-32)43-33(40)17-4-7-20(36)24(11-17)42-2/h3-13,27,30-32,34-37,39H,14H2,1-2H3/t27?,30-,31?,32+/m0/s1. The molecule has 5 N–H and O–H groups in total. The van der Waals surface area contributed by atoms with Gasteiger partial charge in [-0.1, -0.05) is 12.1 Å². The SMILES string of the molecule is COc1cc(C(=O)Oc2cc(O)c3c(c2)O[C@H](c2ccc4c(c2)OC(c2ccc(O)c(OC)c2)C(CO)O4)[C@@H](O)C3=O)ccc1O. The number of aliphatic hydroxyl groups excluding tert-OH is 2. The quantitative estimate of drug-likeness (QED) is 0.147. The fourth-order valence-corrected chi connectivity index (χ4v) is 5.30. The van der Waals surface area contributed by atoms with Crippen LogP contribution in [0.2, 0.25) is 0 Å². The number of phenols is 3. The van der Waals surface area contributed by atoms with Crippen molar-refractivity contribution >= 4 is 11.8 Å². The number of phenolic OH excluding ortho intramolecular Hbond substituents is 3. The predicted octanol–water partition coefficient (Wildman–Crippen LogP) is 3.59. The van der Waals surface area contributed by atoms with E-state index >= 15 is 0 Å². The Morgan fingerprint density at radius 3 is 2.11 bits per heavy atom. The van der Waals surface area contributed by atoms with Gasteiger partial charge >= 0.3 is 5.97 Å². The topological polar surface area (TPSA) is 191 Å². The number of hydrogen-bond donors (Lipinski definition) is 5. The summed E-state index contributed by atoms with van der Waals surface area (Å²) >= 11 is 0. The smallest absolute Gasteiger partial charge is 0.343 e. The van der Waals surface area contributed by atoms with Crippen LogP contribution in [0.15, 0.2) is 66.7 Å². The molecule has 0 fully saturated rings. The van der Waals surface area contributed by atoms with Gasteiger partial charge < -0.3 is 54.0 Å². The summed E-state index contributed by atoms with van der Waals surface area (Å²) in [6.45, 7) is -0.387. The molecule has 2 heterocycles. The minimum atomic E-state index is -1.72. The van der Waals surface area contributed by atoms with E-state index in [9.17, 15) is 35.1 Å². The van der Waals surface area contributed by atoms with Crippen LogP contribution in [0, 0.1) is 0 Å². The Balaban J connectivity index is 1.28. The first kappa shape index (κ1) is 30.4. The van der Waals surface area contributed by atoms with Crippen LogP contribution in [0.1, 0.15) is 44.1 Å². The van der Waals surface area contributed by atoms with E-state index in [0.717, 1.165) is 6.07 Å². The summed E-state index contributed by atoms with van der Waals surface area (Å²) in [5.41, 5.74) is 0.614. The van der Waals surface area contributed by atoms with Crippen molar-refractivity contribution in [3.05, 3.63) is 89.0 Å². The van der Waals surface area contributed by atoms with Crippen molar-refractivity contribution in [3.8, 4) is 51.7 Å². The molecule has 6 rings (SSSR count). The lowest BCUT2D eigenvalue weighted by molar-refractivity contribution is -0.0130. The average molecular weight is 633 g/mol. The molecule has 2 unspecified atom stereocenters. The van der Waals surface area contributed by atoms with E-state index in [1.54, 1.807) is 24.3 Å². The maximum Gasteiger partial charge on any atom is 0.343 e. The van der Waals surface area contributed by atoms with Crippen LogP contribution < -0.4 is 28.4 Å². The normalized spacial score (nSPS) is 19.9. The van der Waals surface area contributed by atoms with Crippen molar-refractivity contribution in [1.29, 1.82) is 0 Å². The summed E-state index contributed by atoms with van der Waals surface area (Å²) in [5.74, 6) is -2.03. The highest BCUT2D eigenvalue weighted by Gasteiger charge is 2.41. The number of ether oxygens (including phenoxy) is 6. The molecule has 4 aromatic rings. The van der Waals surface area contributed by atoms with Crippen molar-refractivity contribution in [2.45, 2.75) is 24.4 Å². The fourth-order valence-electron chi connectivity index (χ4n) is 5.30. The molecule has 4 atom stereocenters. The second-order valence-electron chi connectivity index (χ2n) is 10.5. The van der Waals surface area contributed by atoms with Gasteiger partial charge in [-0.3, -0.25) is 4.79 Å². The minimum absolute atomic E-state index is 0.0425. The Kier molecular flexibility index (Phi) is 7.94. The highest BCUT2D eigenvalue weighted by atomic mass is 16.6. The summed E-state index contributed by atoms with van der Waals surface area (Å²) in [6, 6.07) is 15.3. The van der Waals surface area contributed by atoms with Gasteiger partial charge in [-0.2, -0.15) is 0 Å². The third-order valence-corrected chi connectivity index (χ3v) is 7.62. The van der Waals surface area contributed by atoms with E-state index < -0.39 is 41.9 Å². The van der Waals surface area contributed by atoms with Crippen LogP contribution in [0.4, 0.5) is 0 Å². The number of rotatable bonds is 7. The third kappa shape index (κ3) is 5.42. The maximum atomic E-state index is 13.2. The molecule has 0 aromatic heterocycles. The van der Waals surface area contributed by atoms with Gasteiger partial charge in [0.1, 0.15) is 22.8 Å². The van der Waals surface area contributed by atoms with Gasteiger partial charge in [0.25, 0.3) is 0 Å². The average Bonchev–Trinajstić information content (AvgIpc) is 3.05. The van der Waals surface area contributed by atoms with E-state index in [0.29, 0.717) is 16.9 Å². The second kappa shape index (κ2) is 12.0. The van der Waals surface area contributed by atoms with E-state index in [-0.39, 0.29) is 58.0 Å². The highest BCUT2D eigenvalue weighted by Crippen LogP contribution is 2.46. The molecule has 4 aromatic carbocycles. The molecule has 2 aliphatic rings. The van der Waals surface area contributed by atoms with Crippen LogP contribution in [0.3, 0.4) is 0 Å². The summed E-state index contributed by atoms with van der Waals surface area (Å²) in [4.78, 5) is 26.0. The number of esters is 1. The zero-order valence-corrected chi connectivity index (χ0v) is 24.4. The van der Waals surface area contributed by atoms with Gasteiger partial charge in [-0.15, -0.1) is 0 Å². The summed E-state index contributed by atoms with van der Waals surface area (Å²) < 4.78 is 33.8. The first-order chi connectivity index (χ1) is 22.1. The molecule has 238 valence electrons. The number of Topliss-reactive ketones (excluding diaryl/α,β-unsaturated/α-hetero) is 1. The molecule has 13 nitrogen and oxygen atoms in total. The molecular weight excluding hydrogens is 604 g/mol. The Bertz CT molecular complexity index is 1830. The molecule has 0 saturated heterocycles. The summed E-state index contributed by atoms with van der Waals surface area (Å²) in [6.07, 6.45) is -4.60. The number of carbonyl (C=O) groups excluding carboxylic acids is 2. The Labute approximate surface area is 261 Å². The van der Waals surface area contributed by atoms with Crippen LogP contribution >= 0.6 is 0 Å². The number of ketones is 1. The lowest BCUT2D eigenvalue weighted by atomic mass is 9.92. The third-order valence-electron chi connectivity index (χ3n) is 7.62. The number of hydrogen-bond acceptors (Lipinski definition) is 13. The Hall–Kier alpha value is -5.66. The lowest BCUT2D eigenvalue weighted by Crippen LogP contribution is -2.37. The van der Waals surface area contributed by atoms with Crippen LogP contribution in [0.25, 0.3) is 0 Å². The van der Waals surface area contributed by atoms with E-state index in [1.165, 1.54) is 50.6 Å². The van der Waals surface area contributed by atoms with Crippen molar-refractivity contribution in [1.82, 2.24) is 0 Å². The fraction of sp³-hybridized carbons (Fsp3) is 0.212. The van der Waals surface area contributed by atoms with Gasteiger partial charge in [0.2, 0.25) is 5.78 Å². The zero-order valence-electron chi connectivity index (χ0n) is 24.4. The Morgan fingerprint density at radius 1 is 0.739 bits per heavy atom. The molecule has 13 heteroatoms. The van der Waals surface area contributed by atoms with Gasteiger partial charge in [0, 0.05) is 17.7 Å². The number of aromatic hydroxyl groups is 3. The summed E-state index contributed by atoms with van der Waals surface area (Å²) in [7, 11) is 2.72. The number of methoxy groups -OCH3 is 2. The van der Waals surface area contributed by atoms with Gasteiger partial charge in [-0.05, 0) is 48.0 Å². The zero-order chi connectivity index (χ0) is 32.7. The monoisotopic (exact) mass is 632 g/mol. The highest BCUT2D eigenvalue weighted by molar-refractivity contribution is 6.05. The van der Waals surface area contributed by atoms with Crippen LogP contribution in [0.5, 0.6) is 51.7 Å². The molecule has 0 aliphatic carbocycles. The molecule has 2 aliphatic heterocycles. The molecule has 0 saturated carbocycles. The van der Waals surface area contributed by atoms with Crippen molar-refractivity contribution < 1.29 is 63.5 Å². The number of aliphatic hydroxyl groups is 2. The van der Waals surface area contributed by atoms with Crippen molar-refractivity contribution in [2.75, 3.05) is 20.8 Å². The second-order valence-corrected chi connectivity index (χ2v) is 10.5. The van der Waals surface area contributed by atoms with E-state index in [2.05, 4.69) is 0 Å². The number of benzene rings is 4. The molecule has 0 bridgehead atoms. The van der Waals surface area contributed by atoms with Crippen molar-refractivity contribution in [2.24, 2.45) is 0 Å². The predicted molar refractivity (Wildman–Crippen MR) is 157 cm³/mol. The first-order valence-electron chi connectivity index (χ1n) is 13.9. The molecule has 46 heavy (non-hydrogen) atoms. The number of carbonyl (C=O) groups is 2. The van der Waals surface area contributed by atoms with E-state index in [4.69, 9.17) is 28.4 Å². The van der Waals surface area contributed by atoms with Gasteiger partial charge in [0.15, 0.2) is 58.9 Å². The molecule has 0 spiro atoms. The lowest BCUT2D eigenvalue weighted by Gasteiger charge is -2.35. The maximum absolute atomic E-state index is 13.2. The molecular formula is C33H28O13. The molecule has 0 radical (unpaired) electrons. The first-order valence-corrected chi connectivity index (χ1v) is 13.9. The Morgan fingerprint density at radius 2 is 1.39 bits per heavy atom. The summed E-state index contributed by atoms with van der Waals surface area (Å²) in [5, 5.41) is 51.4. The van der Waals surface area contributed by atoms with Crippen molar-refractivity contribution in [3.63, 3.8) is 0 Å². The van der Waals surface area contributed by atoms with Crippen LogP contribution in [-0.2, 0) is 0 Å². The minimum Gasteiger partial charge on any atom is -0.507 e. The van der Waals surface area contributed by atoms with Crippen LogP contribution in [-0.4, -0.2) is 70.3 Å². The number of fused-ring (bicyclic) bond motifs is 2. The molecule has 0 amide bonds. The largest absolute Gasteiger partial charge is 0.507 e. The van der Waals surface area contributed by atoms with Gasteiger partial charge in [0.05, 0.1) is 26.4 Å². The van der Waals surface area contributed by atoms with Gasteiger partial charge in [-0.25, -0.2) is 4.79 Å².